The SMILES string of the molecule is Nc1nc(C(NC(=O)C(=O)NN=Cc2ccc(O)c(O)c2)C(=O)NC2C(=O)N3C(C(=O)O)=C(CSc4nncs4)CS[C@@H]23)cs1. The molecule has 17 nitrogen and oxygen atoms in total. The molecule has 3 aromatic rings. The highest BCUT2D eigenvalue weighted by atomic mass is 32.2. The largest absolute Gasteiger partial charge is 0.504 e. The Hall–Kier alpha value is -4.73. The molecule has 0 bridgehead atoms. The molecule has 2 unspecified atom stereocenters. The zero-order valence-electron chi connectivity index (χ0n) is 22.4. The second kappa shape index (κ2) is 13.5. The van der Waals surface area contributed by atoms with Crippen molar-refractivity contribution in [2.24, 2.45) is 5.10 Å². The number of thiazole rings is 1. The van der Waals surface area contributed by atoms with E-state index in [9.17, 15) is 39.3 Å². The van der Waals surface area contributed by atoms with Gasteiger partial charge in [-0.25, -0.2) is 15.2 Å². The predicted octanol–water partition coefficient (Wildman–Crippen LogP) is -0.173. The summed E-state index contributed by atoms with van der Waals surface area (Å²) in [7, 11) is 0. The normalized spacial score (nSPS) is 18.2. The number of rotatable bonds is 10. The minimum absolute atomic E-state index is 0.00116. The first-order valence-corrected chi connectivity index (χ1v) is 16.3. The van der Waals surface area contributed by atoms with Gasteiger partial charge in [-0.1, -0.05) is 23.1 Å². The standard InChI is InChI=1S/C24H21N9O8S4/c25-23-28-11(7-43-23)14(29-18(37)19(38)31-26-4-9-1-2-12(34)13(35)3-9)17(36)30-15-20(39)33-16(22(40)41)10(5-42-21(15)33)6-44-24-32-27-8-45-24/h1-4,7-8,14-15,21,34-35H,5-6H2,(H2,25,28)(H,29,37)(H,30,36)(H,31,38)(H,40,41)/t14?,15?,21-/m0/s1. The minimum Gasteiger partial charge on any atom is -0.504 e. The molecule has 1 saturated heterocycles. The van der Waals surface area contributed by atoms with E-state index in [1.165, 1.54) is 58.4 Å². The number of aromatic hydroxyl groups is 2. The first-order chi connectivity index (χ1) is 21.5. The number of phenols is 2. The molecule has 0 aliphatic carbocycles. The van der Waals surface area contributed by atoms with Gasteiger partial charge in [-0.2, -0.15) is 5.10 Å². The van der Waals surface area contributed by atoms with E-state index in [4.69, 9.17) is 5.73 Å². The van der Waals surface area contributed by atoms with Gasteiger partial charge in [0.15, 0.2) is 27.0 Å². The van der Waals surface area contributed by atoms with Gasteiger partial charge in [0, 0.05) is 16.9 Å². The van der Waals surface area contributed by atoms with Crippen LogP contribution in [0.5, 0.6) is 11.5 Å². The number of aromatic nitrogens is 3. The number of nitrogen functional groups attached to an aromatic ring is 1. The zero-order chi connectivity index (χ0) is 32.2. The Morgan fingerprint density at radius 1 is 1.20 bits per heavy atom. The van der Waals surface area contributed by atoms with Crippen molar-refractivity contribution in [3.8, 4) is 11.5 Å². The second-order valence-corrected chi connectivity index (χ2v) is 13.2. The fourth-order valence-electron chi connectivity index (χ4n) is 4.15. The molecule has 3 atom stereocenters. The van der Waals surface area contributed by atoms with Gasteiger partial charge in [0.25, 0.3) is 5.91 Å². The number of nitrogens with one attached hydrogen (secondary N) is 3. The van der Waals surface area contributed by atoms with Gasteiger partial charge in [0.1, 0.15) is 22.6 Å². The molecule has 45 heavy (non-hydrogen) atoms. The summed E-state index contributed by atoms with van der Waals surface area (Å²) in [4.78, 5) is 68.9. The summed E-state index contributed by atoms with van der Waals surface area (Å²) in [5.74, 6) is -5.57. The maximum atomic E-state index is 13.4. The van der Waals surface area contributed by atoms with Crippen LogP contribution in [0.4, 0.5) is 5.13 Å². The van der Waals surface area contributed by atoms with Gasteiger partial charge >= 0.3 is 17.8 Å². The second-order valence-electron chi connectivity index (χ2n) is 9.11. The Balaban J connectivity index is 1.25. The number of carbonyl (C=O) groups is 5. The third-order valence-corrected chi connectivity index (χ3v) is 10.2. The summed E-state index contributed by atoms with van der Waals surface area (Å²) in [5, 5.41) is 45.6. The maximum Gasteiger partial charge on any atom is 0.352 e. The highest BCUT2D eigenvalue weighted by molar-refractivity contribution is 8.01. The lowest BCUT2D eigenvalue weighted by Crippen LogP contribution is -2.71. The Bertz CT molecular complexity index is 1730. The molecule has 2 aliphatic rings. The third-order valence-electron chi connectivity index (χ3n) is 6.22. The van der Waals surface area contributed by atoms with Crippen LogP contribution in [0.1, 0.15) is 17.3 Å². The minimum atomic E-state index is -1.54. The number of hydrazone groups is 1. The summed E-state index contributed by atoms with van der Waals surface area (Å²) < 4.78 is 0.647. The third kappa shape index (κ3) is 7.00. The lowest BCUT2D eigenvalue weighted by molar-refractivity contribution is -0.151. The monoisotopic (exact) mass is 691 g/mol. The summed E-state index contributed by atoms with van der Waals surface area (Å²) in [6.07, 6.45) is 1.10. The zero-order valence-corrected chi connectivity index (χ0v) is 25.7. The number of benzene rings is 1. The predicted molar refractivity (Wildman–Crippen MR) is 163 cm³/mol. The molecule has 21 heteroatoms. The lowest BCUT2D eigenvalue weighted by Gasteiger charge is -2.49. The number of β-lactam (4-membered cyclic amide) rings is 1. The molecule has 1 fully saturated rings. The van der Waals surface area contributed by atoms with Crippen LogP contribution in [0, 0.1) is 0 Å². The van der Waals surface area contributed by atoms with Crippen LogP contribution in [0.2, 0.25) is 0 Å². The van der Waals surface area contributed by atoms with Crippen LogP contribution in [-0.2, 0) is 24.0 Å². The highest BCUT2D eigenvalue weighted by Crippen LogP contribution is 2.42. The maximum absolute atomic E-state index is 13.4. The van der Waals surface area contributed by atoms with Crippen LogP contribution in [0.15, 0.2) is 49.8 Å². The van der Waals surface area contributed by atoms with Gasteiger partial charge in [0.2, 0.25) is 5.91 Å². The van der Waals surface area contributed by atoms with Crippen LogP contribution in [0.3, 0.4) is 0 Å². The van der Waals surface area contributed by atoms with E-state index in [0.717, 1.165) is 22.5 Å². The molecule has 5 rings (SSSR count). The van der Waals surface area contributed by atoms with E-state index in [2.05, 4.69) is 30.9 Å². The fourth-order valence-corrected chi connectivity index (χ4v) is 7.71. The van der Waals surface area contributed by atoms with Crippen molar-refractivity contribution in [1.29, 1.82) is 0 Å². The van der Waals surface area contributed by atoms with E-state index in [-0.39, 0.29) is 33.8 Å². The Morgan fingerprint density at radius 2 is 2.00 bits per heavy atom. The average Bonchev–Trinajstić information content (AvgIpc) is 3.70. The molecule has 234 valence electrons. The number of carboxylic acid groups (broad SMARTS) is 1. The molecule has 1 aromatic carbocycles. The number of carboxylic acids is 1. The number of amides is 4. The number of hydrogen-bond acceptors (Lipinski definition) is 16. The number of nitrogens with two attached hydrogens (primary N) is 1. The quantitative estimate of drug-likeness (QED) is 0.0364. The van der Waals surface area contributed by atoms with Crippen molar-refractivity contribution in [2.45, 2.75) is 21.8 Å². The molecule has 4 amide bonds. The molecule has 2 aliphatic heterocycles. The first kappa shape index (κ1) is 31.7. The summed E-state index contributed by atoms with van der Waals surface area (Å²) >= 11 is 4.84. The molecular weight excluding hydrogens is 671 g/mol. The van der Waals surface area contributed by atoms with Crippen LogP contribution >= 0.6 is 46.2 Å². The van der Waals surface area contributed by atoms with Gasteiger partial charge < -0.3 is 31.7 Å². The molecular formula is C24H21N9O8S4. The van der Waals surface area contributed by atoms with Gasteiger partial charge in [-0.15, -0.1) is 33.3 Å². The highest BCUT2D eigenvalue weighted by Gasteiger charge is 2.54. The van der Waals surface area contributed by atoms with Gasteiger partial charge in [-0.3, -0.25) is 24.1 Å². The summed E-state index contributed by atoms with van der Waals surface area (Å²) in [5.41, 5.74) is 9.88. The smallest absolute Gasteiger partial charge is 0.352 e. The first-order valence-electron chi connectivity index (χ1n) is 12.5. The van der Waals surface area contributed by atoms with E-state index in [0.29, 0.717) is 15.5 Å². The van der Waals surface area contributed by atoms with Crippen molar-refractivity contribution in [1.82, 2.24) is 36.1 Å². The molecule has 8 N–H and O–H groups in total. The number of thioether (sulfide) groups is 2. The van der Waals surface area contributed by atoms with E-state index < -0.39 is 52.8 Å². The van der Waals surface area contributed by atoms with Crippen molar-refractivity contribution in [2.75, 3.05) is 17.2 Å². The Labute approximate surface area is 269 Å². The number of nitrogens with zero attached hydrogens (tertiary/aromatic N) is 5. The van der Waals surface area contributed by atoms with Crippen molar-refractivity contribution in [3.05, 3.63) is 51.6 Å². The number of hydrogen-bond donors (Lipinski definition) is 7. The summed E-state index contributed by atoms with van der Waals surface area (Å²) in [6, 6.07) is 1.09. The number of fused-ring (bicyclic) bond motifs is 1. The lowest BCUT2D eigenvalue weighted by atomic mass is 10.0. The molecule has 2 aromatic heterocycles. The van der Waals surface area contributed by atoms with Crippen molar-refractivity contribution < 1.29 is 39.3 Å². The topological polar surface area (TPSA) is 262 Å². The number of anilines is 1. The van der Waals surface area contributed by atoms with Crippen LogP contribution < -0.4 is 21.8 Å². The number of aliphatic carboxylic acids is 1. The van der Waals surface area contributed by atoms with Crippen LogP contribution in [0.25, 0.3) is 0 Å². The van der Waals surface area contributed by atoms with Gasteiger partial charge in [0.05, 0.1) is 11.9 Å². The Morgan fingerprint density at radius 3 is 2.67 bits per heavy atom. The number of carbonyl (C=O) groups excluding carboxylic acids is 4. The Kier molecular flexibility index (Phi) is 9.51. The van der Waals surface area contributed by atoms with E-state index in [1.807, 2.05) is 5.43 Å². The fraction of sp³-hybridized carbons (Fsp3) is 0.208. The van der Waals surface area contributed by atoms with Crippen LogP contribution in [-0.4, -0.2) is 94.1 Å². The van der Waals surface area contributed by atoms with Crippen molar-refractivity contribution >= 4 is 87.1 Å². The van der Waals surface area contributed by atoms with Crippen molar-refractivity contribution in [3.63, 3.8) is 0 Å². The van der Waals surface area contributed by atoms with E-state index in [1.54, 1.807) is 5.51 Å². The molecule has 0 spiro atoms. The molecule has 4 heterocycles. The average molecular weight is 692 g/mol. The molecule has 0 radical (unpaired) electrons. The summed E-state index contributed by atoms with van der Waals surface area (Å²) in [6.45, 7) is 0. The van der Waals surface area contributed by atoms with Gasteiger partial charge in [-0.05, 0) is 29.3 Å². The molecule has 0 saturated carbocycles. The van der Waals surface area contributed by atoms with E-state index >= 15 is 0 Å². The number of phenolic OH excluding ortho intramolecular Hbond substituents is 2.